The summed E-state index contributed by atoms with van der Waals surface area (Å²) in [5, 5.41) is 21.1. The van der Waals surface area contributed by atoms with Crippen LogP contribution in [0.2, 0.25) is 0 Å². The van der Waals surface area contributed by atoms with Gasteiger partial charge in [-0.1, -0.05) is 0 Å². The Bertz CT molecular complexity index is 745. The largest absolute Gasteiger partial charge is 0.868 e. The fourth-order valence-electron chi connectivity index (χ4n) is 1.67. The standard InChI is InChI=1S/C10H9N5O3/c1-4-6(16)7(17)10(18-4)15-3-14-5-8(11)12-2-13-9(5)15/h2-3,16-17H,1H3,(H2,11,12,13)/p-1. The summed E-state index contributed by atoms with van der Waals surface area (Å²) in [6.07, 6.45) is 2.62. The van der Waals surface area contributed by atoms with Gasteiger partial charge in [0.25, 0.3) is 0 Å². The summed E-state index contributed by atoms with van der Waals surface area (Å²) in [5.74, 6) is -0.772. The third kappa shape index (κ3) is 1.22. The molecule has 0 spiro atoms. The highest BCUT2D eigenvalue weighted by molar-refractivity contribution is 5.82. The lowest BCUT2D eigenvalue weighted by Gasteiger charge is -2.02. The maximum absolute atomic E-state index is 11.5. The van der Waals surface area contributed by atoms with E-state index in [-0.39, 0.29) is 17.5 Å². The second-order valence-electron chi connectivity index (χ2n) is 3.69. The molecule has 3 N–H and O–H groups in total. The number of furan rings is 1. The molecule has 0 aliphatic carbocycles. The van der Waals surface area contributed by atoms with Crippen LogP contribution in [0.25, 0.3) is 17.0 Å². The Morgan fingerprint density at radius 3 is 2.83 bits per heavy atom. The second kappa shape index (κ2) is 3.36. The number of anilines is 1. The average Bonchev–Trinajstić information content (AvgIpc) is 2.88. The molecule has 0 aliphatic heterocycles. The van der Waals surface area contributed by atoms with Crippen LogP contribution in [0.1, 0.15) is 5.76 Å². The Morgan fingerprint density at radius 1 is 1.39 bits per heavy atom. The summed E-state index contributed by atoms with van der Waals surface area (Å²) in [6, 6.07) is 0. The number of nitrogens with zero attached hydrogens (tertiary/aromatic N) is 4. The number of fused-ring (bicyclic) bond motifs is 1. The first-order valence-electron chi connectivity index (χ1n) is 5.03. The lowest BCUT2D eigenvalue weighted by molar-refractivity contribution is -0.271. The zero-order chi connectivity index (χ0) is 12.9. The Morgan fingerprint density at radius 2 is 2.17 bits per heavy atom. The van der Waals surface area contributed by atoms with Gasteiger partial charge in [0, 0.05) is 0 Å². The van der Waals surface area contributed by atoms with E-state index in [1.54, 1.807) is 0 Å². The Hall–Kier alpha value is -2.77. The lowest BCUT2D eigenvalue weighted by Crippen LogP contribution is -1.96. The van der Waals surface area contributed by atoms with Crippen molar-refractivity contribution in [2.75, 3.05) is 5.73 Å². The third-order valence-corrected chi connectivity index (χ3v) is 2.57. The van der Waals surface area contributed by atoms with Crippen molar-refractivity contribution in [3.8, 4) is 17.4 Å². The summed E-state index contributed by atoms with van der Waals surface area (Å²) < 4.78 is 6.54. The van der Waals surface area contributed by atoms with Gasteiger partial charge in [-0.25, -0.2) is 19.5 Å². The van der Waals surface area contributed by atoms with Crippen molar-refractivity contribution in [3.05, 3.63) is 18.4 Å². The number of nitrogens with two attached hydrogens (primary N) is 1. The van der Waals surface area contributed by atoms with Crippen LogP contribution in [0.5, 0.6) is 11.5 Å². The van der Waals surface area contributed by atoms with Gasteiger partial charge in [-0.3, -0.25) is 0 Å². The minimum Gasteiger partial charge on any atom is -0.868 e. The first kappa shape index (κ1) is 10.4. The maximum atomic E-state index is 11.5. The van der Waals surface area contributed by atoms with Crippen molar-refractivity contribution in [3.63, 3.8) is 0 Å². The number of aryl methyl sites for hydroxylation is 1. The summed E-state index contributed by atoms with van der Waals surface area (Å²) in [7, 11) is 0. The molecule has 0 bridgehead atoms. The van der Waals surface area contributed by atoms with Crippen LogP contribution in [0.4, 0.5) is 5.82 Å². The van der Waals surface area contributed by atoms with Gasteiger partial charge in [0.05, 0.1) is 5.76 Å². The minimum absolute atomic E-state index is 0.0295. The highest BCUT2D eigenvalue weighted by atomic mass is 16.4. The van der Waals surface area contributed by atoms with Crippen LogP contribution in [0, 0.1) is 6.92 Å². The number of aromatic nitrogens is 4. The Labute approximate surface area is 100 Å². The normalized spacial score (nSPS) is 11.2. The van der Waals surface area contributed by atoms with Gasteiger partial charge in [-0.2, -0.15) is 0 Å². The number of imidazole rings is 1. The predicted octanol–water partition coefficient (Wildman–Crippen LogP) is 0.0783. The van der Waals surface area contributed by atoms with E-state index in [0.717, 1.165) is 0 Å². The topological polar surface area (TPSA) is 126 Å². The Kier molecular flexibility index (Phi) is 1.94. The predicted molar refractivity (Wildman–Crippen MR) is 59.2 cm³/mol. The van der Waals surface area contributed by atoms with E-state index in [0.29, 0.717) is 11.2 Å². The molecule has 0 atom stereocenters. The van der Waals surface area contributed by atoms with E-state index < -0.39 is 11.5 Å². The molecule has 0 unspecified atom stereocenters. The fourth-order valence-corrected chi connectivity index (χ4v) is 1.67. The zero-order valence-electron chi connectivity index (χ0n) is 9.28. The first-order valence-corrected chi connectivity index (χ1v) is 5.03. The molecule has 3 aromatic rings. The van der Waals surface area contributed by atoms with Crippen molar-refractivity contribution in [1.29, 1.82) is 0 Å². The molecule has 0 fully saturated rings. The molecular weight excluding hydrogens is 238 g/mol. The van der Waals surface area contributed by atoms with Crippen molar-refractivity contribution in [2.24, 2.45) is 0 Å². The minimum atomic E-state index is -0.561. The fraction of sp³-hybridized carbons (Fsp3) is 0.100. The maximum Gasteiger partial charge on any atom is 0.248 e. The third-order valence-electron chi connectivity index (χ3n) is 2.57. The highest BCUT2D eigenvalue weighted by Gasteiger charge is 2.17. The van der Waals surface area contributed by atoms with Crippen LogP contribution in [-0.2, 0) is 0 Å². The molecule has 0 aromatic carbocycles. The van der Waals surface area contributed by atoms with Gasteiger partial charge >= 0.3 is 0 Å². The van der Waals surface area contributed by atoms with Crippen LogP contribution in [-0.4, -0.2) is 24.6 Å². The summed E-state index contributed by atoms with van der Waals surface area (Å²) >= 11 is 0. The van der Waals surface area contributed by atoms with E-state index in [4.69, 9.17) is 10.2 Å². The molecule has 3 heterocycles. The molecule has 92 valence electrons. The molecule has 0 radical (unpaired) electrons. The van der Waals surface area contributed by atoms with Gasteiger partial charge in [-0.15, -0.1) is 0 Å². The Balaban J connectivity index is 2.32. The van der Waals surface area contributed by atoms with Gasteiger partial charge in [0.2, 0.25) is 5.88 Å². The number of aromatic hydroxyl groups is 1. The molecule has 0 aliphatic rings. The van der Waals surface area contributed by atoms with Crippen molar-refractivity contribution >= 4 is 17.0 Å². The second-order valence-corrected chi connectivity index (χ2v) is 3.69. The van der Waals surface area contributed by atoms with E-state index >= 15 is 0 Å². The molecular formula is C10H8N5O3-. The van der Waals surface area contributed by atoms with Gasteiger partial charge < -0.3 is 20.4 Å². The van der Waals surface area contributed by atoms with Gasteiger partial charge in [0.1, 0.15) is 12.7 Å². The molecule has 8 heteroatoms. The summed E-state index contributed by atoms with van der Waals surface area (Å²) in [6.45, 7) is 1.47. The molecule has 3 rings (SSSR count). The molecule has 8 nitrogen and oxygen atoms in total. The summed E-state index contributed by atoms with van der Waals surface area (Å²) in [5.41, 5.74) is 6.37. The first-order chi connectivity index (χ1) is 8.59. The van der Waals surface area contributed by atoms with E-state index in [2.05, 4.69) is 15.0 Å². The smallest absolute Gasteiger partial charge is 0.248 e. The number of rotatable bonds is 1. The van der Waals surface area contributed by atoms with Crippen LogP contribution >= 0.6 is 0 Å². The molecule has 18 heavy (non-hydrogen) atoms. The average molecular weight is 246 g/mol. The highest BCUT2D eigenvalue weighted by Crippen LogP contribution is 2.36. The van der Waals surface area contributed by atoms with E-state index in [9.17, 15) is 10.2 Å². The van der Waals surface area contributed by atoms with Crippen LogP contribution < -0.4 is 10.8 Å². The monoisotopic (exact) mass is 246 g/mol. The van der Waals surface area contributed by atoms with E-state index in [1.165, 1.54) is 24.1 Å². The van der Waals surface area contributed by atoms with E-state index in [1.807, 2.05) is 0 Å². The SMILES string of the molecule is Cc1oc(-n2cnc3c(N)ncnc32)c(O)c1[O-]. The van der Waals surface area contributed by atoms with Gasteiger partial charge in [-0.05, 0) is 12.7 Å². The quantitative estimate of drug-likeness (QED) is 0.622. The number of hydrogen-bond donors (Lipinski definition) is 2. The molecule has 0 saturated heterocycles. The molecule has 3 aromatic heterocycles. The molecule has 0 saturated carbocycles. The van der Waals surface area contributed by atoms with Crippen molar-refractivity contribution < 1.29 is 14.6 Å². The number of hydrogen-bond acceptors (Lipinski definition) is 7. The number of nitrogen functional groups attached to an aromatic ring is 1. The molecule has 0 amide bonds. The van der Waals surface area contributed by atoms with Crippen molar-refractivity contribution in [1.82, 2.24) is 19.5 Å². The summed E-state index contributed by atoms with van der Waals surface area (Å²) in [4.78, 5) is 11.8. The lowest BCUT2D eigenvalue weighted by atomic mass is 10.4. The zero-order valence-corrected chi connectivity index (χ0v) is 9.28. The van der Waals surface area contributed by atoms with Crippen molar-refractivity contribution in [2.45, 2.75) is 6.92 Å². The van der Waals surface area contributed by atoms with Crippen LogP contribution in [0.3, 0.4) is 0 Å². The van der Waals surface area contributed by atoms with Crippen LogP contribution in [0.15, 0.2) is 17.1 Å². The van der Waals surface area contributed by atoms with Gasteiger partial charge in [0.15, 0.2) is 22.7 Å².